The molecule has 1 saturated carbocycles. The van der Waals surface area contributed by atoms with Gasteiger partial charge in [-0.3, -0.25) is 0 Å². The molecule has 0 spiro atoms. The van der Waals surface area contributed by atoms with E-state index < -0.39 is 5.60 Å². The van der Waals surface area contributed by atoms with Crippen LogP contribution in [0.25, 0.3) is 0 Å². The largest absolute Gasteiger partial charge is 0.389 e. The summed E-state index contributed by atoms with van der Waals surface area (Å²) in [6, 6.07) is 6.87. The van der Waals surface area contributed by atoms with Crippen LogP contribution in [0.3, 0.4) is 0 Å². The molecule has 1 aliphatic carbocycles. The molecule has 1 heterocycles. The first-order valence-corrected chi connectivity index (χ1v) is 6.90. The summed E-state index contributed by atoms with van der Waals surface area (Å²) in [7, 11) is 0. The normalized spacial score (nSPS) is 36.1. The molecule has 2 fully saturated rings. The third kappa shape index (κ3) is 2.06. The number of benzene rings is 1. The molecule has 3 atom stereocenters. The number of hydrogen-bond acceptors (Lipinski definition) is 2. The Kier molecular flexibility index (Phi) is 3.12. The molecular formula is C15H20FNO. The second-order valence-corrected chi connectivity index (χ2v) is 5.69. The minimum Gasteiger partial charge on any atom is -0.389 e. The van der Waals surface area contributed by atoms with E-state index in [1.54, 1.807) is 0 Å². The van der Waals surface area contributed by atoms with Crippen LogP contribution < -0.4 is 5.32 Å². The van der Waals surface area contributed by atoms with E-state index in [4.69, 9.17) is 0 Å². The molecule has 3 heteroatoms. The molecule has 0 radical (unpaired) electrons. The number of piperidine rings is 1. The standard InChI is InChI=1S/C15H20FNO/c16-12-6-4-11(5-7-12)14-13-3-1-2-8-15(13,18)9-10-17-14/h4-7,13-14,17-18H,1-3,8-10H2/t13-,14-,15-/m0/s1. The number of rotatable bonds is 1. The van der Waals surface area contributed by atoms with Crippen molar-refractivity contribution in [2.75, 3.05) is 6.54 Å². The number of halogens is 1. The van der Waals surface area contributed by atoms with Gasteiger partial charge in [0.25, 0.3) is 0 Å². The molecule has 0 bridgehead atoms. The third-order valence-corrected chi connectivity index (χ3v) is 4.62. The van der Waals surface area contributed by atoms with Crippen molar-refractivity contribution >= 4 is 0 Å². The fourth-order valence-corrected chi connectivity index (χ4v) is 3.64. The predicted octanol–water partition coefficient (Wildman–Crippen LogP) is 2.78. The Labute approximate surface area is 107 Å². The van der Waals surface area contributed by atoms with Crippen LogP contribution in [0.4, 0.5) is 4.39 Å². The van der Waals surface area contributed by atoms with Crippen molar-refractivity contribution in [2.45, 2.75) is 43.7 Å². The molecule has 0 unspecified atom stereocenters. The van der Waals surface area contributed by atoms with Gasteiger partial charge in [-0.25, -0.2) is 4.39 Å². The predicted molar refractivity (Wildman–Crippen MR) is 68.7 cm³/mol. The molecule has 1 aliphatic heterocycles. The van der Waals surface area contributed by atoms with E-state index in [-0.39, 0.29) is 17.8 Å². The minimum absolute atomic E-state index is 0.171. The molecule has 0 amide bonds. The fraction of sp³-hybridized carbons (Fsp3) is 0.600. The quantitative estimate of drug-likeness (QED) is 0.802. The molecule has 1 saturated heterocycles. The second-order valence-electron chi connectivity index (χ2n) is 5.69. The molecule has 3 rings (SSSR count). The summed E-state index contributed by atoms with van der Waals surface area (Å²) >= 11 is 0. The van der Waals surface area contributed by atoms with Gasteiger partial charge < -0.3 is 10.4 Å². The van der Waals surface area contributed by atoms with Gasteiger partial charge in [-0.1, -0.05) is 25.0 Å². The Morgan fingerprint density at radius 1 is 1.17 bits per heavy atom. The van der Waals surface area contributed by atoms with E-state index in [0.29, 0.717) is 0 Å². The lowest BCUT2D eigenvalue weighted by atomic mass is 9.67. The molecule has 1 aromatic carbocycles. The van der Waals surface area contributed by atoms with Gasteiger partial charge >= 0.3 is 0 Å². The van der Waals surface area contributed by atoms with Crippen LogP contribution in [-0.4, -0.2) is 17.3 Å². The zero-order valence-corrected chi connectivity index (χ0v) is 10.5. The van der Waals surface area contributed by atoms with Crippen molar-refractivity contribution in [1.82, 2.24) is 5.32 Å². The molecule has 18 heavy (non-hydrogen) atoms. The van der Waals surface area contributed by atoms with Crippen LogP contribution in [0, 0.1) is 11.7 Å². The summed E-state index contributed by atoms with van der Waals surface area (Å²) in [4.78, 5) is 0. The molecule has 0 aromatic heterocycles. The lowest BCUT2D eigenvalue weighted by molar-refractivity contribution is -0.0861. The van der Waals surface area contributed by atoms with Gasteiger partial charge in [-0.15, -0.1) is 0 Å². The number of fused-ring (bicyclic) bond motifs is 1. The number of aliphatic hydroxyl groups is 1. The molecule has 98 valence electrons. The number of nitrogens with one attached hydrogen (secondary N) is 1. The number of hydrogen-bond donors (Lipinski definition) is 2. The van der Waals surface area contributed by atoms with Gasteiger partial charge in [0, 0.05) is 12.0 Å². The maximum absolute atomic E-state index is 13.0. The van der Waals surface area contributed by atoms with Gasteiger partial charge in [0.2, 0.25) is 0 Å². The first-order chi connectivity index (χ1) is 8.69. The van der Waals surface area contributed by atoms with E-state index in [1.165, 1.54) is 18.6 Å². The molecule has 1 aromatic rings. The van der Waals surface area contributed by atoms with Crippen LogP contribution in [0.1, 0.15) is 43.7 Å². The summed E-state index contributed by atoms with van der Waals surface area (Å²) in [5, 5.41) is 14.3. The third-order valence-electron chi connectivity index (χ3n) is 4.62. The fourth-order valence-electron chi connectivity index (χ4n) is 3.64. The van der Waals surface area contributed by atoms with E-state index in [9.17, 15) is 9.50 Å². The Balaban J connectivity index is 1.88. The first-order valence-electron chi connectivity index (χ1n) is 6.90. The van der Waals surface area contributed by atoms with E-state index in [1.807, 2.05) is 12.1 Å². The molecular weight excluding hydrogens is 229 g/mol. The highest BCUT2D eigenvalue weighted by molar-refractivity contribution is 5.23. The van der Waals surface area contributed by atoms with Crippen molar-refractivity contribution < 1.29 is 9.50 Å². The van der Waals surface area contributed by atoms with Gasteiger partial charge in [-0.05, 0) is 43.5 Å². The zero-order valence-electron chi connectivity index (χ0n) is 10.5. The van der Waals surface area contributed by atoms with Crippen molar-refractivity contribution in [1.29, 1.82) is 0 Å². The van der Waals surface area contributed by atoms with Gasteiger partial charge in [0.05, 0.1) is 5.60 Å². The smallest absolute Gasteiger partial charge is 0.123 e. The summed E-state index contributed by atoms with van der Waals surface area (Å²) in [6.45, 7) is 0.842. The average molecular weight is 249 g/mol. The lowest BCUT2D eigenvalue weighted by Gasteiger charge is -2.48. The van der Waals surface area contributed by atoms with Crippen LogP contribution in [0.15, 0.2) is 24.3 Å². The highest BCUT2D eigenvalue weighted by Crippen LogP contribution is 2.45. The average Bonchev–Trinajstić information content (AvgIpc) is 2.38. The van der Waals surface area contributed by atoms with Crippen molar-refractivity contribution in [3.63, 3.8) is 0 Å². The van der Waals surface area contributed by atoms with Gasteiger partial charge in [-0.2, -0.15) is 0 Å². The monoisotopic (exact) mass is 249 g/mol. The van der Waals surface area contributed by atoms with Crippen LogP contribution in [0.5, 0.6) is 0 Å². The van der Waals surface area contributed by atoms with Crippen molar-refractivity contribution in [3.8, 4) is 0 Å². The summed E-state index contributed by atoms with van der Waals surface area (Å²) in [5.41, 5.74) is 0.587. The molecule has 2 nitrogen and oxygen atoms in total. The lowest BCUT2D eigenvalue weighted by Crippen LogP contribution is -2.53. The molecule has 2 N–H and O–H groups in total. The maximum Gasteiger partial charge on any atom is 0.123 e. The minimum atomic E-state index is -0.511. The summed E-state index contributed by atoms with van der Waals surface area (Å²) < 4.78 is 13.0. The second kappa shape index (κ2) is 4.63. The van der Waals surface area contributed by atoms with E-state index in [2.05, 4.69) is 5.32 Å². The van der Waals surface area contributed by atoms with E-state index >= 15 is 0 Å². The zero-order chi connectivity index (χ0) is 12.6. The van der Waals surface area contributed by atoms with Crippen molar-refractivity contribution in [2.24, 2.45) is 5.92 Å². The highest BCUT2D eigenvalue weighted by atomic mass is 19.1. The highest BCUT2D eigenvalue weighted by Gasteiger charge is 2.45. The Morgan fingerprint density at radius 3 is 2.72 bits per heavy atom. The Bertz CT molecular complexity index is 415. The van der Waals surface area contributed by atoms with E-state index in [0.717, 1.165) is 37.8 Å². The van der Waals surface area contributed by atoms with Crippen LogP contribution >= 0.6 is 0 Å². The van der Waals surface area contributed by atoms with Crippen LogP contribution in [0.2, 0.25) is 0 Å². The summed E-state index contributed by atoms with van der Waals surface area (Å²) in [5.74, 6) is 0.0685. The van der Waals surface area contributed by atoms with Crippen LogP contribution in [-0.2, 0) is 0 Å². The maximum atomic E-state index is 13.0. The van der Waals surface area contributed by atoms with Gasteiger partial charge in [0.1, 0.15) is 5.82 Å². The first kappa shape index (κ1) is 12.1. The SMILES string of the molecule is O[C@]12CCCC[C@H]1[C@H](c1ccc(F)cc1)NCC2. The Hall–Kier alpha value is -0.930. The van der Waals surface area contributed by atoms with Gasteiger partial charge in [0.15, 0.2) is 0 Å². The topological polar surface area (TPSA) is 32.3 Å². The Morgan fingerprint density at radius 2 is 1.94 bits per heavy atom. The molecule has 2 aliphatic rings. The summed E-state index contributed by atoms with van der Waals surface area (Å²) in [6.07, 6.45) is 5.13. The van der Waals surface area contributed by atoms with Crippen molar-refractivity contribution in [3.05, 3.63) is 35.6 Å².